The van der Waals surface area contributed by atoms with Crippen molar-refractivity contribution in [1.29, 1.82) is 0 Å². The van der Waals surface area contributed by atoms with Crippen LogP contribution in [0, 0.1) is 11.8 Å². The summed E-state index contributed by atoms with van der Waals surface area (Å²) in [5.41, 5.74) is 0. The Morgan fingerprint density at radius 2 is 2.09 bits per heavy atom. The third kappa shape index (κ3) is 7.62. The molecule has 0 aromatic carbocycles. The number of methoxy groups -OCH3 is 1. The van der Waals surface area contributed by atoms with Crippen LogP contribution in [0.5, 0.6) is 0 Å². The number of carbonyl (C=O) groups excluding carboxylic acids is 1. The van der Waals surface area contributed by atoms with Crippen LogP contribution >= 0.6 is 24.0 Å². The van der Waals surface area contributed by atoms with Gasteiger partial charge in [-0.05, 0) is 25.2 Å². The first-order valence-electron chi connectivity index (χ1n) is 7.65. The topological polar surface area (TPSA) is 63.2 Å². The molecular formula is C15H30IN3O3. The number of rotatable bonds is 6. The normalized spacial score (nSPS) is 17.4. The van der Waals surface area contributed by atoms with Gasteiger partial charge in [0.15, 0.2) is 5.96 Å². The van der Waals surface area contributed by atoms with Gasteiger partial charge in [-0.3, -0.25) is 9.79 Å². The maximum absolute atomic E-state index is 11.4. The van der Waals surface area contributed by atoms with E-state index in [4.69, 9.17) is 9.47 Å². The summed E-state index contributed by atoms with van der Waals surface area (Å²) in [6.07, 6.45) is 3.45. The predicted molar refractivity (Wildman–Crippen MR) is 98.7 cm³/mol. The fraction of sp³-hybridized carbons (Fsp3) is 0.867. The number of ether oxygens (including phenoxy) is 2. The fourth-order valence-corrected chi connectivity index (χ4v) is 2.43. The minimum Gasteiger partial charge on any atom is -0.469 e. The van der Waals surface area contributed by atoms with Crippen LogP contribution in [-0.2, 0) is 14.3 Å². The molecule has 7 heteroatoms. The Kier molecular flexibility index (Phi) is 11.6. The molecule has 1 rings (SSSR count). The first-order chi connectivity index (χ1) is 10.1. The van der Waals surface area contributed by atoms with Crippen LogP contribution in [0.2, 0.25) is 0 Å². The number of guanidine groups is 1. The van der Waals surface area contributed by atoms with Gasteiger partial charge in [0, 0.05) is 40.4 Å². The number of halogens is 1. The monoisotopic (exact) mass is 427 g/mol. The number of aliphatic imine (C=N–C) groups is 1. The van der Waals surface area contributed by atoms with E-state index in [9.17, 15) is 4.79 Å². The number of nitrogens with zero attached hydrogens (tertiary/aromatic N) is 2. The second kappa shape index (κ2) is 11.9. The Morgan fingerprint density at radius 1 is 1.45 bits per heavy atom. The number of esters is 1. The van der Waals surface area contributed by atoms with E-state index in [0.29, 0.717) is 6.54 Å². The van der Waals surface area contributed by atoms with E-state index in [2.05, 4.69) is 15.2 Å². The zero-order valence-corrected chi connectivity index (χ0v) is 16.5. The second-order valence-electron chi connectivity index (χ2n) is 5.62. The van der Waals surface area contributed by atoms with Gasteiger partial charge in [0.05, 0.1) is 13.0 Å². The SMILES string of the molecule is CN=C(NCC(C)C(=O)OC)N(C)CCC1CCOCC1.I. The van der Waals surface area contributed by atoms with Gasteiger partial charge in [-0.15, -0.1) is 24.0 Å². The van der Waals surface area contributed by atoms with Gasteiger partial charge >= 0.3 is 5.97 Å². The van der Waals surface area contributed by atoms with E-state index in [1.165, 1.54) is 7.11 Å². The maximum atomic E-state index is 11.4. The average molecular weight is 427 g/mol. The summed E-state index contributed by atoms with van der Waals surface area (Å²) in [7, 11) is 5.20. The van der Waals surface area contributed by atoms with E-state index < -0.39 is 0 Å². The Labute approximate surface area is 151 Å². The summed E-state index contributed by atoms with van der Waals surface area (Å²) in [6, 6.07) is 0. The lowest BCUT2D eigenvalue weighted by Gasteiger charge is -2.27. The Hall–Kier alpha value is -0.570. The molecule has 130 valence electrons. The number of hydrogen-bond acceptors (Lipinski definition) is 4. The molecule has 1 atom stereocenters. The summed E-state index contributed by atoms with van der Waals surface area (Å²) in [5, 5.41) is 3.22. The molecule has 0 aromatic rings. The Morgan fingerprint density at radius 3 is 2.64 bits per heavy atom. The molecule has 0 saturated carbocycles. The van der Waals surface area contributed by atoms with Crippen molar-refractivity contribution in [3.8, 4) is 0 Å². The molecule has 1 N–H and O–H groups in total. The fourth-order valence-electron chi connectivity index (χ4n) is 2.43. The van der Waals surface area contributed by atoms with Crippen molar-refractivity contribution >= 4 is 35.9 Å². The van der Waals surface area contributed by atoms with Crippen LogP contribution in [-0.4, -0.2) is 64.3 Å². The van der Waals surface area contributed by atoms with Gasteiger partial charge in [-0.2, -0.15) is 0 Å². The van der Waals surface area contributed by atoms with Gasteiger partial charge in [0.2, 0.25) is 0 Å². The molecule has 0 amide bonds. The highest BCUT2D eigenvalue weighted by Gasteiger charge is 2.17. The van der Waals surface area contributed by atoms with Gasteiger partial charge in [-0.1, -0.05) is 6.92 Å². The summed E-state index contributed by atoms with van der Waals surface area (Å²) < 4.78 is 10.1. The largest absolute Gasteiger partial charge is 0.469 e. The van der Waals surface area contributed by atoms with Gasteiger partial charge in [0.25, 0.3) is 0 Å². The number of hydrogen-bond donors (Lipinski definition) is 1. The lowest BCUT2D eigenvalue weighted by molar-refractivity contribution is -0.144. The van der Waals surface area contributed by atoms with E-state index in [1.807, 2.05) is 14.0 Å². The van der Waals surface area contributed by atoms with Gasteiger partial charge in [-0.25, -0.2) is 0 Å². The minimum atomic E-state index is -0.206. The highest BCUT2D eigenvalue weighted by molar-refractivity contribution is 14.0. The molecule has 0 aliphatic carbocycles. The van der Waals surface area contributed by atoms with Crippen molar-refractivity contribution in [2.24, 2.45) is 16.8 Å². The standard InChI is InChI=1S/C15H29N3O3.HI/c1-12(14(19)20-4)11-17-15(16-2)18(3)8-5-13-6-9-21-10-7-13;/h12-13H,5-11H2,1-4H3,(H,16,17);1H. The summed E-state index contributed by atoms with van der Waals surface area (Å²) in [6.45, 7) is 5.10. The van der Waals surface area contributed by atoms with Crippen LogP contribution < -0.4 is 5.32 Å². The summed E-state index contributed by atoms with van der Waals surface area (Å²) in [4.78, 5) is 17.8. The molecule has 1 fully saturated rings. The van der Waals surface area contributed by atoms with E-state index >= 15 is 0 Å². The first-order valence-corrected chi connectivity index (χ1v) is 7.65. The molecule has 1 unspecified atom stereocenters. The molecule has 1 heterocycles. The van der Waals surface area contributed by atoms with Gasteiger partial charge in [0.1, 0.15) is 0 Å². The molecule has 1 saturated heterocycles. The smallest absolute Gasteiger partial charge is 0.310 e. The summed E-state index contributed by atoms with van der Waals surface area (Å²) in [5.74, 6) is 1.17. The van der Waals surface area contributed by atoms with Crippen LogP contribution in [0.3, 0.4) is 0 Å². The summed E-state index contributed by atoms with van der Waals surface area (Å²) >= 11 is 0. The molecule has 0 bridgehead atoms. The van der Waals surface area contributed by atoms with Crippen LogP contribution in [0.4, 0.5) is 0 Å². The third-order valence-corrected chi connectivity index (χ3v) is 3.96. The maximum Gasteiger partial charge on any atom is 0.310 e. The second-order valence-corrected chi connectivity index (χ2v) is 5.62. The Bertz CT molecular complexity index is 347. The van der Waals surface area contributed by atoms with Crippen molar-refractivity contribution in [3.63, 3.8) is 0 Å². The van der Waals surface area contributed by atoms with Gasteiger partial charge < -0.3 is 19.7 Å². The van der Waals surface area contributed by atoms with E-state index in [1.54, 1.807) is 7.05 Å². The third-order valence-electron chi connectivity index (χ3n) is 3.96. The van der Waals surface area contributed by atoms with E-state index in [-0.39, 0.29) is 35.9 Å². The lowest BCUT2D eigenvalue weighted by atomic mass is 9.96. The van der Waals surface area contributed by atoms with Crippen molar-refractivity contribution in [3.05, 3.63) is 0 Å². The highest BCUT2D eigenvalue weighted by atomic mass is 127. The minimum absolute atomic E-state index is 0. The first kappa shape index (κ1) is 21.4. The lowest BCUT2D eigenvalue weighted by Crippen LogP contribution is -2.42. The zero-order chi connectivity index (χ0) is 15.7. The van der Waals surface area contributed by atoms with Crippen LogP contribution in [0.25, 0.3) is 0 Å². The molecule has 6 nitrogen and oxygen atoms in total. The highest BCUT2D eigenvalue weighted by Crippen LogP contribution is 2.18. The Balaban J connectivity index is 0.00000441. The van der Waals surface area contributed by atoms with E-state index in [0.717, 1.165) is 50.9 Å². The van der Waals surface area contributed by atoms with Crippen molar-refractivity contribution < 1.29 is 14.3 Å². The number of carbonyl (C=O) groups is 1. The molecule has 0 aromatic heterocycles. The molecular weight excluding hydrogens is 397 g/mol. The molecule has 22 heavy (non-hydrogen) atoms. The van der Waals surface area contributed by atoms with Crippen molar-refractivity contribution in [1.82, 2.24) is 10.2 Å². The number of nitrogens with one attached hydrogen (secondary N) is 1. The predicted octanol–water partition coefficient (Wildman–Crippen LogP) is 1.74. The van der Waals surface area contributed by atoms with Crippen molar-refractivity contribution in [2.75, 3.05) is 47.5 Å². The van der Waals surface area contributed by atoms with Crippen LogP contribution in [0.15, 0.2) is 4.99 Å². The van der Waals surface area contributed by atoms with Crippen molar-refractivity contribution in [2.45, 2.75) is 26.2 Å². The molecule has 1 aliphatic rings. The quantitative estimate of drug-likeness (QED) is 0.303. The molecule has 0 spiro atoms. The average Bonchev–Trinajstić information content (AvgIpc) is 2.53. The molecule has 0 radical (unpaired) electrons. The van der Waals surface area contributed by atoms with Crippen LogP contribution in [0.1, 0.15) is 26.2 Å². The molecule has 1 aliphatic heterocycles. The zero-order valence-electron chi connectivity index (χ0n) is 14.1.